The van der Waals surface area contributed by atoms with Crippen molar-refractivity contribution < 1.29 is 4.79 Å². The molecule has 6 heteroatoms. The summed E-state index contributed by atoms with van der Waals surface area (Å²) in [6.45, 7) is 7.32. The maximum Gasteiger partial charge on any atom is 0.253 e. The van der Waals surface area contributed by atoms with E-state index in [1.165, 1.54) is 23.2 Å². The van der Waals surface area contributed by atoms with Crippen molar-refractivity contribution in [2.75, 3.05) is 13.1 Å². The number of benzene rings is 1. The number of carbonyl (C=O) groups excluding carboxylic acids is 1. The van der Waals surface area contributed by atoms with Crippen molar-refractivity contribution in [2.45, 2.75) is 64.7 Å². The van der Waals surface area contributed by atoms with Crippen molar-refractivity contribution in [3.63, 3.8) is 0 Å². The molecule has 6 nitrogen and oxygen atoms in total. The molecule has 1 aliphatic heterocycles. The van der Waals surface area contributed by atoms with Crippen LogP contribution in [0.15, 0.2) is 54.9 Å². The van der Waals surface area contributed by atoms with E-state index in [-0.39, 0.29) is 5.91 Å². The lowest BCUT2D eigenvalue weighted by Gasteiger charge is -2.38. The first-order chi connectivity index (χ1) is 17.1. The SMILES string of the molecule is Cc1ccnc(C)c1C(=O)NCc1cccc(CN(C2CCNC2)C2CCCc3cccnc32)c1. The fourth-order valence-corrected chi connectivity index (χ4v) is 5.68. The molecule has 0 bridgehead atoms. The summed E-state index contributed by atoms with van der Waals surface area (Å²) in [6, 6.07) is 15.7. The molecule has 2 unspecified atom stereocenters. The second-order valence-corrected chi connectivity index (χ2v) is 9.87. The van der Waals surface area contributed by atoms with Gasteiger partial charge in [0.15, 0.2) is 0 Å². The van der Waals surface area contributed by atoms with Gasteiger partial charge in [-0.3, -0.25) is 19.7 Å². The van der Waals surface area contributed by atoms with E-state index in [1.807, 2.05) is 26.1 Å². The van der Waals surface area contributed by atoms with Gasteiger partial charge in [-0.1, -0.05) is 30.3 Å². The van der Waals surface area contributed by atoms with Crippen LogP contribution in [0.2, 0.25) is 0 Å². The Morgan fingerprint density at radius 1 is 1.09 bits per heavy atom. The summed E-state index contributed by atoms with van der Waals surface area (Å²) in [5.74, 6) is -0.0675. The molecule has 0 radical (unpaired) electrons. The van der Waals surface area contributed by atoms with E-state index in [0.717, 1.165) is 55.7 Å². The van der Waals surface area contributed by atoms with Gasteiger partial charge in [0, 0.05) is 38.1 Å². The van der Waals surface area contributed by atoms with Crippen molar-refractivity contribution in [1.82, 2.24) is 25.5 Å². The number of fused-ring (bicyclic) bond motifs is 1. The minimum absolute atomic E-state index is 0.0675. The molecule has 5 rings (SSSR count). The molecular formula is C29H35N5O. The van der Waals surface area contributed by atoms with Crippen molar-refractivity contribution in [3.8, 4) is 0 Å². The largest absolute Gasteiger partial charge is 0.348 e. The Kier molecular flexibility index (Phi) is 7.21. The molecule has 0 saturated carbocycles. The number of aryl methyl sites for hydroxylation is 3. The van der Waals surface area contributed by atoms with Gasteiger partial charge in [-0.15, -0.1) is 0 Å². The number of hydrogen-bond acceptors (Lipinski definition) is 5. The van der Waals surface area contributed by atoms with Gasteiger partial charge in [-0.25, -0.2) is 0 Å². The third-order valence-electron chi connectivity index (χ3n) is 7.45. The molecular weight excluding hydrogens is 434 g/mol. The van der Waals surface area contributed by atoms with E-state index in [4.69, 9.17) is 4.98 Å². The molecule has 1 fully saturated rings. The Labute approximate surface area is 208 Å². The summed E-state index contributed by atoms with van der Waals surface area (Å²) in [7, 11) is 0. The molecule has 35 heavy (non-hydrogen) atoms. The highest BCUT2D eigenvalue weighted by atomic mass is 16.1. The van der Waals surface area contributed by atoms with E-state index in [2.05, 4.69) is 56.9 Å². The standard InChI is InChI=1S/C29H35N5O/c1-20-11-15-31-21(2)27(20)29(35)33-17-22-6-3-7-23(16-22)19-34(25-12-14-30-18-25)26-10-4-8-24-9-5-13-32-28(24)26/h3,5-7,9,11,13,15-16,25-26,30H,4,8,10,12,14,17-19H2,1-2H3,(H,33,35). The zero-order chi connectivity index (χ0) is 24.2. The van der Waals surface area contributed by atoms with Gasteiger partial charge in [-0.05, 0) is 80.5 Å². The van der Waals surface area contributed by atoms with Crippen LogP contribution in [0, 0.1) is 13.8 Å². The molecule has 2 atom stereocenters. The maximum atomic E-state index is 12.8. The number of amides is 1. The quantitative estimate of drug-likeness (QED) is 0.541. The average Bonchev–Trinajstić information content (AvgIpc) is 3.41. The van der Waals surface area contributed by atoms with E-state index in [9.17, 15) is 4.79 Å². The molecule has 1 saturated heterocycles. The van der Waals surface area contributed by atoms with Crippen molar-refractivity contribution in [1.29, 1.82) is 0 Å². The fraction of sp³-hybridized carbons (Fsp3) is 0.414. The van der Waals surface area contributed by atoms with Gasteiger partial charge < -0.3 is 10.6 Å². The van der Waals surface area contributed by atoms with Crippen LogP contribution in [0.1, 0.15) is 69.3 Å². The summed E-state index contributed by atoms with van der Waals surface area (Å²) in [5.41, 5.74) is 7.44. The van der Waals surface area contributed by atoms with Crippen LogP contribution in [0.25, 0.3) is 0 Å². The van der Waals surface area contributed by atoms with Crippen LogP contribution in [0.4, 0.5) is 0 Å². The second kappa shape index (κ2) is 10.7. The third kappa shape index (κ3) is 5.29. The lowest BCUT2D eigenvalue weighted by Crippen LogP contribution is -2.41. The number of pyridine rings is 2. The number of hydrogen-bond donors (Lipinski definition) is 2. The first kappa shape index (κ1) is 23.6. The van der Waals surface area contributed by atoms with E-state index in [1.54, 1.807) is 6.20 Å². The third-order valence-corrected chi connectivity index (χ3v) is 7.45. The summed E-state index contributed by atoms with van der Waals surface area (Å²) in [4.78, 5) is 24.6. The molecule has 182 valence electrons. The highest BCUT2D eigenvalue weighted by Gasteiger charge is 2.33. The van der Waals surface area contributed by atoms with Crippen molar-refractivity contribution in [2.24, 2.45) is 0 Å². The van der Waals surface area contributed by atoms with E-state index in [0.29, 0.717) is 24.2 Å². The molecule has 3 aromatic rings. The molecule has 1 aliphatic carbocycles. The van der Waals surface area contributed by atoms with Gasteiger partial charge in [0.2, 0.25) is 0 Å². The minimum atomic E-state index is -0.0675. The van der Waals surface area contributed by atoms with Crippen LogP contribution >= 0.6 is 0 Å². The van der Waals surface area contributed by atoms with Crippen LogP contribution in [-0.2, 0) is 19.5 Å². The lowest BCUT2D eigenvalue weighted by atomic mass is 9.89. The predicted molar refractivity (Wildman–Crippen MR) is 138 cm³/mol. The zero-order valence-electron chi connectivity index (χ0n) is 20.8. The van der Waals surface area contributed by atoms with Gasteiger partial charge >= 0.3 is 0 Å². The lowest BCUT2D eigenvalue weighted by molar-refractivity contribution is 0.0949. The number of nitrogens with zero attached hydrogens (tertiary/aromatic N) is 3. The highest BCUT2D eigenvalue weighted by molar-refractivity contribution is 5.96. The molecule has 0 spiro atoms. The summed E-state index contributed by atoms with van der Waals surface area (Å²) in [6.07, 6.45) is 8.34. The monoisotopic (exact) mass is 469 g/mol. The smallest absolute Gasteiger partial charge is 0.253 e. The van der Waals surface area contributed by atoms with E-state index >= 15 is 0 Å². The van der Waals surface area contributed by atoms with Gasteiger partial charge in [0.25, 0.3) is 5.91 Å². The Morgan fingerprint density at radius 3 is 2.80 bits per heavy atom. The van der Waals surface area contributed by atoms with Crippen molar-refractivity contribution >= 4 is 5.91 Å². The topological polar surface area (TPSA) is 70.2 Å². The molecule has 1 aromatic carbocycles. The van der Waals surface area contributed by atoms with Crippen LogP contribution in [-0.4, -0.2) is 39.9 Å². The number of nitrogens with one attached hydrogen (secondary N) is 2. The first-order valence-electron chi connectivity index (χ1n) is 12.8. The molecule has 2 aromatic heterocycles. The molecule has 2 N–H and O–H groups in total. The number of rotatable bonds is 7. The first-order valence-corrected chi connectivity index (χ1v) is 12.8. The van der Waals surface area contributed by atoms with Crippen LogP contribution < -0.4 is 10.6 Å². The van der Waals surface area contributed by atoms with Gasteiger partial charge in [0.1, 0.15) is 0 Å². The normalized spacial score (nSPS) is 19.5. The second-order valence-electron chi connectivity index (χ2n) is 9.87. The Morgan fingerprint density at radius 2 is 1.97 bits per heavy atom. The Balaban J connectivity index is 1.33. The van der Waals surface area contributed by atoms with Crippen LogP contribution in [0.3, 0.4) is 0 Å². The Hall–Kier alpha value is -3.09. The predicted octanol–water partition coefficient (Wildman–Crippen LogP) is 4.26. The minimum Gasteiger partial charge on any atom is -0.348 e. The summed E-state index contributed by atoms with van der Waals surface area (Å²) >= 11 is 0. The summed E-state index contributed by atoms with van der Waals surface area (Å²) < 4.78 is 0. The Bertz CT molecular complexity index is 1170. The van der Waals surface area contributed by atoms with Crippen LogP contribution in [0.5, 0.6) is 0 Å². The van der Waals surface area contributed by atoms with Gasteiger partial charge in [-0.2, -0.15) is 0 Å². The van der Waals surface area contributed by atoms with Crippen molar-refractivity contribution in [3.05, 3.63) is 94.1 Å². The number of aromatic nitrogens is 2. The van der Waals surface area contributed by atoms with Gasteiger partial charge in [0.05, 0.1) is 23.0 Å². The zero-order valence-corrected chi connectivity index (χ0v) is 20.8. The molecule has 3 heterocycles. The fourth-order valence-electron chi connectivity index (χ4n) is 5.68. The maximum absolute atomic E-state index is 12.8. The van der Waals surface area contributed by atoms with E-state index < -0.39 is 0 Å². The number of carbonyl (C=O) groups is 1. The highest BCUT2D eigenvalue weighted by Crippen LogP contribution is 2.36. The molecule has 1 amide bonds. The summed E-state index contributed by atoms with van der Waals surface area (Å²) in [5, 5.41) is 6.65. The molecule has 2 aliphatic rings. The average molecular weight is 470 g/mol.